The Bertz CT molecular complexity index is 1370. The van der Waals surface area contributed by atoms with Crippen LogP contribution in [0.2, 0.25) is 0 Å². The van der Waals surface area contributed by atoms with Crippen molar-refractivity contribution in [3.05, 3.63) is 79.3 Å². The lowest BCUT2D eigenvalue weighted by Gasteiger charge is -2.44. The highest BCUT2D eigenvalue weighted by atomic mass is 32.1. The third-order valence-electron chi connectivity index (χ3n) is 5.83. The van der Waals surface area contributed by atoms with Gasteiger partial charge < -0.3 is 14.2 Å². The van der Waals surface area contributed by atoms with Crippen LogP contribution in [0.3, 0.4) is 0 Å². The van der Waals surface area contributed by atoms with E-state index in [-0.39, 0.29) is 12.2 Å². The molecule has 32 heavy (non-hydrogen) atoms. The number of carbonyl (C=O) groups excluding carboxylic acids is 1. The Kier molecular flexibility index (Phi) is 4.89. The summed E-state index contributed by atoms with van der Waals surface area (Å²) in [6, 6.07) is 14.4. The van der Waals surface area contributed by atoms with Crippen molar-refractivity contribution in [2.45, 2.75) is 25.6 Å². The number of fused-ring (bicyclic) bond motifs is 6. The fourth-order valence-corrected chi connectivity index (χ4v) is 5.49. The van der Waals surface area contributed by atoms with Crippen molar-refractivity contribution < 1.29 is 19.0 Å². The minimum absolute atomic E-state index is 0.192. The zero-order valence-corrected chi connectivity index (χ0v) is 18.7. The monoisotopic (exact) mass is 450 g/mol. The number of para-hydroxylation sites is 1. The van der Waals surface area contributed by atoms with Crippen molar-refractivity contribution in [1.29, 1.82) is 0 Å². The summed E-state index contributed by atoms with van der Waals surface area (Å²) in [6.45, 7) is 3.77. The van der Waals surface area contributed by atoms with E-state index >= 15 is 0 Å². The summed E-state index contributed by atoms with van der Waals surface area (Å²) in [5.41, 5.74) is 0.285. The van der Waals surface area contributed by atoms with Gasteiger partial charge in [0.25, 0.3) is 5.56 Å². The third kappa shape index (κ3) is 3.14. The summed E-state index contributed by atoms with van der Waals surface area (Å²) in [4.78, 5) is 31.8. The van der Waals surface area contributed by atoms with Crippen molar-refractivity contribution in [2.75, 3.05) is 13.7 Å². The summed E-state index contributed by atoms with van der Waals surface area (Å²) >= 11 is 1.29. The highest BCUT2D eigenvalue weighted by molar-refractivity contribution is 7.07. The Balaban J connectivity index is 1.73. The molecule has 0 N–H and O–H groups in total. The number of ether oxygens (including phenoxy) is 3. The van der Waals surface area contributed by atoms with E-state index < -0.39 is 23.7 Å². The average molecular weight is 451 g/mol. The van der Waals surface area contributed by atoms with E-state index in [0.29, 0.717) is 15.1 Å². The molecule has 2 aliphatic rings. The fraction of sp³-hybridized carbons (Fsp3) is 0.292. The molecule has 2 aliphatic heterocycles. The minimum Gasteiger partial charge on any atom is -0.497 e. The SMILES string of the molecule is CCOC(=O)C1C2c3ccccc3OC1(C)N=c1s/c(=C/c3ccc(OC)cc3)c(=O)n12. The maximum Gasteiger partial charge on any atom is 0.317 e. The summed E-state index contributed by atoms with van der Waals surface area (Å²) in [6.07, 6.45) is 1.83. The Morgan fingerprint density at radius 2 is 2.00 bits per heavy atom. The lowest BCUT2D eigenvalue weighted by Crippen LogP contribution is -2.58. The van der Waals surface area contributed by atoms with Crippen molar-refractivity contribution in [2.24, 2.45) is 10.9 Å². The molecule has 7 nitrogen and oxygen atoms in total. The molecule has 0 spiro atoms. The molecular formula is C24H22N2O5S. The van der Waals surface area contributed by atoms with Crippen LogP contribution in [0, 0.1) is 5.92 Å². The maximum atomic E-state index is 13.5. The number of esters is 1. The smallest absolute Gasteiger partial charge is 0.317 e. The predicted octanol–water partition coefficient (Wildman–Crippen LogP) is 2.26. The van der Waals surface area contributed by atoms with Gasteiger partial charge in [-0.3, -0.25) is 14.2 Å². The van der Waals surface area contributed by atoms with Crippen LogP contribution in [0.5, 0.6) is 11.5 Å². The van der Waals surface area contributed by atoms with E-state index in [0.717, 1.165) is 16.9 Å². The van der Waals surface area contributed by atoms with Crippen LogP contribution in [0.1, 0.15) is 31.0 Å². The molecule has 3 atom stereocenters. The van der Waals surface area contributed by atoms with E-state index in [1.807, 2.05) is 54.6 Å². The van der Waals surface area contributed by atoms with E-state index in [2.05, 4.69) is 0 Å². The summed E-state index contributed by atoms with van der Waals surface area (Å²) in [5.74, 6) is 0.162. The number of rotatable bonds is 4. The van der Waals surface area contributed by atoms with Gasteiger partial charge in [-0.25, -0.2) is 4.99 Å². The molecule has 3 aromatic rings. The fourth-order valence-electron chi connectivity index (χ4n) is 4.39. The largest absolute Gasteiger partial charge is 0.497 e. The zero-order chi connectivity index (χ0) is 22.5. The summed E-state index contributed by atoms with van der Waals surface area (Å²) < 4.78 is 18.9. The van der Waals surface area contributed by atoms with Gasteiger partial charge in [0.2, 0.25) is 5.72 Å². The molecule has 3 heterocycles. The molecule has 0 saturated heterocycles. The molecule has 5 rings (SSSR count). The Hall–Kier alpha value is -3.39. The lowest BCUT2D eigenvalue weighted by molar-refractivity contribution is -0.160. The van der Waals surface area contributed by atoms with Gasteiger partial charge in [0, 0.05) is 5.56 Å². The number of benzene rings is 2. The van der Waals surface area contributed by atoms with E-state index in [4.69, 9.17) is 19.2 Å². The number of methoxy groups -OCH3 is 1. The Morgan fingerprint density at radius 3 is 2.72 bits per heavy atom. The van der Waals surface area contributed by atoms with Gasteiger partial charge >= 0.3 is 5.97 Å². The van der Waals surface area contributed by atoms with Gasteiger partial charge in [-0.2, -0.15) is 0 Å². The highest BCUT2D eigenvalue weighted by Crippen LogP contribution is 2.47. The Labute approximate surface area is 188 Å². The van der Waals surface area contributed by atoms with Gasteiger partial charge in [-0.15, -0.1) is 0 Å². The first kappa shape index (κ1) is 20.5. The van der Waals surface area contributed by atoms with Gasteiger partial charge in [0.1, 0.15) is 17.4 Å². The lowest BCUT2D eigenvalue weighted by atomic mass is 9.81. The van der Waals surface area contributed by atoms with Crippen LogP contribution in [-0.4, -0.2) is 30.0 Å². The average Bonchev–Trinajstić information content (AvgIpc) is 3.07. The topological polar surface area (TPSA) is 79.1 Å². The highest BCUT2D eigenvalue weighted by Gasteiger charge is 2.55. The normalized spacial score (nSPS) is 23.4. The van der Waals surface area contributed by atoms with Crippen LogP contribution >= 0.6 is 11.3 Å². The number of aromatic nitrogens is 1. The van der Waals surface area contributed by atoms with Gasteiger partial charge in [-0.05, 0) is 43.7 Å². The molecule has 0 amide bonds. The second-order valence-electron chi connectivity index (χ2n) is 7.82. The number of hydrogen-bond acceptors (Lipinski definition) is 7. The van der Waals surface area contributed by atoms with Gasteiger partial charge in [0.15, 0.2) is 4.80 Å². The summed E-state index contributed by atoms with van der Waals surface area (Å²) in [7, 11) is 1.61. The number of nitrogens with zero attached hydrogens (tertiary/aromatic N) is 2. The molecule has 0 fully saturated rings. The first-order chi connectivity index (χ1) is 15.4. The van der Waals surface area contributed by atoms with Crippen LogP contribution < -0.4 is 24.4 Å². The van der Waals surface area contributed by atoms with E-state index in [1.54, 1.807) is 25.5 Å². The van der Waals surface area contributed by atoms with Crippen molar-refractivity contribution >= 4 is 23.4 Å². The molecule has 2 bridgehead atoms. The number of hydrogen-bond donors (Lipinski definition) is 0. The molecule has 1 aromatic heterocycles. The first-order valence-corrected chi connectivity index (χ1v) is 11.2. The second-order valence-corrected chi connectivity index (χ2v) is 8.83. The molecule has 0 aliphatic carbocycles. The van der Waals surface area contributed by atoms with Crippen LogP contribution in [0.25, 0.3) is 6.08 Å². The van der Waals surface area contributed by atoms with Crippen LogP contribution in [0.15, 0.2) is 58.3 Å². The van der Waals surface area contributed by atoms with E-state index in [9.17, 15) is 9.59 Å². The third-order valence-corrected chi connectivity index (χ3v) is 6.82. The zero-order valence-electron chi connectivity index (χ0n) is 17.9. The molecule has 0 saturated carbocycles. The second kappa shape index (κ2) is 7.63. The molecule has 0 radical (unpaired) electrons. The van der Waals surface area contributed by atoms with Crippen molar-refractivity contribution in [1.82, 2.24) is 4.57 Å². The van der Waals surface area contributed by atoms with Crippen LogP contribution in [-0.2, 0) is 9.53 Å². The Morgan fingerprint density at radius 1 is 1.25 bits per heavy atom. The molecule has 2 aromatic carbocycles. The summed E-state index contributed by atoms with van der Waals surface area (Å²) in [5, 5.41) is 0. The predicted molar refractivity (Wildman–Crippen MR) is 120 cm³/mol. The van der Waals surface area contributed by atoms with Crippen molar-refractivity contribution in [3.8, 4) is 11.5 Å². The quantitative estimate of drug-likeness (QED) is 0.570. The first-order valence-electron chi connectivity index (χ1n) is 10.4. The van der Waals surface area contributed by atoms with E-state index in [1.165, 1.54) is 11.3 Å². The number of carbonyl (C=O) groups is 1. The maximum absolute atomic E-state index is 13.5. The van der Waals surface area contributed by atoms with Gasteiger partial charge in [-0.1, -0.05) is 41.7 Å². The van der Waals surface area contributed by atoms with Crippen LogP contribution in [0.4, 0.5) is 0 Å². The number of thiazole rings is 1. The molecule has 164 valence electrons. The van der Waals surface area contributed by atoms with Gasteiger partial charge in [0.05, 0.1) is 24.3 Å². The molecule has 3 unspecified atom stereocenters. The molecular weight excluding hydrogens is 428 g/mol. The minimum atomic E-state index is -1.17. The van der Waals surface area contributed by atoms with Crippen molar-refractivity contribution in [3.63, 3.8) is 0 Å². The standard InChI is InChI=1S/C24H22N2O5S/c1-4-30-22(28)19-20-16-7-5-6-8-17(16)31-24(19,2)25-23-26(20)21(27)18(32-23)13-14-9-11-15(29-3)12-10-14/h5-13,19-20H,4H2,1-3H3/b18-13+. The molecule has 8 heteroatoms.